The van der Waals surface area contributed by atoms with Gasteiger partial charge in [-0.05, 0) is 34.9 Å². The molecule has 0 saturated heterocycles. The maximum Gasteiger partial charge on any atom is 0.228 e. The van der Waals surface area contributed by atoms with E-state index >= 15 is 0 Å². The Balaban J connectivity index is 1.92. The van der Waals surface area contributed by atoms with Crippen molar-refractivity contribution >= 4 is 11.6 Å². The Morgan fingerprint density at radius 2 is 1.95 bits per heavy atom. The lowest BCUT2D eigenvalue weighted by atomic mass is 9.98. The Kier molecular flexibility index (Phi) is 3.35. The average molecular weight is 287 g/mol. The first-order valence-electron chi connectivity index (χ1n) is 6.52. The fourth-order valence-electron chi connectivity index (χ4n) is 2.46. The summed E-state index contributed by atoms with van der Waals surface area (Å²) in [5, 5.41) is 13.1. The van der Waals surface area contributed by atoms with Crippen LogP contribution in [-0.2, 0) is 11.2 Å². The normalized spacial score (nSPS) is 14.5. The van der Waals surface area contributed by atoms with Crippen molar-refractivity contribution in [2.24, 2.45) is 0 Å². The molecule has 1 heterocycles. The Morgan fingerprint density at radius 1 is 1.24 bits per heavy atom. The number of amides is 1. The van der Waals surface area contributed by atoms with E-state index < -0.39 is 11.9 Å². The van der Waals surface area contributed by atoms with Crippen LogP contribution in [-0.4, -0.2) is 18.1 Å². The quantitative estimate of drug-likeness (QED) is 0.911. The van der Waals surface area contributed by atoms with Crippen LogP contribution in [0.5, 0.6) is 5.75 Å². The summed E-state index contributed by atoms with van der Waals surface area (Å²) >= 11 is 0. The van der Waals surface area contributed by atoms with Gasteiger partial charge in [-0.3, -0.25) is 4.79 Å². The molecule has 2 aromatic rings. The number of carbonyl (C=O) groups is 1. The van der Waals surface area contributed by atoms with Gasteiger partial charge in [0, 0.05) is 5.69 Å². The zero-order chi connectivity index (χ0) is 15.0. The van der Waals surface area contributed by atoms with Crippen LogP contribution in [0.3, 0.4) is 0 Å². The van der Waals surface area contributed by atoms with Crippen molar-refractivity contribution in [2.45, 2.75) is 12.5 Å². The van der Waals surface area contributed by atoms with E-state index in [4.69, 9.17) is 4.74 Å². The zero-order valence-corrected chi connectivity index (χ0v) is 11.4. The number of methoxy groups -OCH3 is 1. The van der Waals surface area contributed by atoms with E-state index in [0.29, 0.717) is 17.5 Å². The first-order valence-corrected chi connectivity index (χ1v) is 6.52. The second-order valence-corrected chi connectivity index (χ2v) is 4.94. The van der Waals surface area contributed by atoms with Crippen molar-refractivity contribution in [1.82, 2.24) is 0 Å². The summed E-state index contributed by atoms with van der Waals surface area (Å²) in [4.78, 5) is 11.3. The molecule has 1 unspecified atom stereocenters. The molecule has 2 N–H and O–H groups in total. The fraction of sp³-hybridized carbons (Fsp3) is 0.188. The molecule has 0 fully saturated rings. The third-order valence-corrected chi connectivity index (χ3v) is 3.56. The number of benzene rings is 2. The highest BCUT2D eigenvalue weighted by Crippen LogP contribution is 2.30. The molecule has 1 aliphatic rings. The Bertz CT molecular complexity index is 715. The third-order valence-electron chi connectivity index (χ3n) is 3.56. The largest absolute Gasteiger partial charge is 0.494 e. The van der Waals surface area contributed by atoms with Gasteiger partial charge in [0.05, 0.1) is 13.5 Å². The topological polar surface area (TPSA) is 58.6 Å². The molecular weight excluding hydrogens is 273 g/mol. The number of aliphatic hydroxyl groups is 1. The molecule has 3 rings (SSSR count). The van der Waals surface area contributed by atoms with Crippen LogP contribution in [0.4, 0.5) is 10.1 Å². The number of carbonyl (C=O) groups excluding carboxylic acids is 1. The minimum atomic E-state index is -0.952. The number of rotatable bonds is 3. The van der Waals surface area contributed by atoms with Gasteiger partial charge < -0.3 is 15.2 Å². The number of anilines is 1. The molecule has 1 amide bonds. The van der Waals surface area contributed by atoms with Crippen molar-refractivity contribution in [2.75, 3.05) is 12.4 Å². The summed E-state index contributed by atoms with van der Waals surface area (Å²) in [6.07, 6.45) is -0.654. The van der Waals surface area contributed by atoms with Gasteiger partial charge in [0.1, 0.15) is 6.10 Å². The smallest absolute Gasteiger partial charge is 0.228 e. The Morgan fingerprint density at radius 3 is 2.67 bits per heavy atom. The van der Waals surface area contributed by atoms with Gasteiger partial charge in [-0.15, -0.1) is 0 Å². The molecule has 0 spiro atoms. The van der Waals surface area contributed by atoms with E-state index in [1.165, 1.54) is 19.2 Å². The summed E-state index contributed by atoms with van der Waals surface area (Å²) in [6.45, 7) is 0. The molecule has 5 heteroatoms. The van der Waals surface area contributed by atoms with Crippen LogP contribution in [0.25, 0.3) is 0 Å². The van der Waals surface area contributed by atoms with Gasteiger partial charge in [-0.1, -0.05) is 18.2 Å². The highest BCUT2D eigenvalue weighted by Gasteiger charge is 2.20. The number of halogens is 1. The zero-order valence-electron chi connectivity index (χ0n) is 11.4. The second kappa shape index (κ2) is 5.18. The van der Waals surface area contributed by atoms with Crippen LogP contribution in [0.2, 0.25) is 0 Å². The van der Waals surface area contributed by atoms with Crippen LogP contribution in [0.15, 0.2) is 36.4 Å². The van der Waals surface area contributed by atoms with Gasteiger partial charge >= 0.3 is 0 Å². The first kappa shape index (κ1) is 13.6. The summed E-state index contributed by atoms with van der Waals surface area (Å²) in [5.41, 5.74) is 2.66. The third kappa shape index (κ3) is 2.48. The van der Waals surface area contributed by atoms with E-state index in [9.17, 15) is 14.3 Å². The molecule has 21 heavy (non-hydrogen) atoms. The first-order chi connectivity index (χ1) is 10.1. The second-order valence-electron chi connectivity index (χ2n) is 4.94. The van der Waals surface area contributed by atoms with E-state index in [-0.39, 0.29) is 11.7 Å². The fourth-order valence-corrected chi connectivity index (χ4v) is 2.46. The number of fused-ring (bicyclic) bond motifs is 1. The lowest BCUT2D eigenvalue weighted by Crippen LogP contribution is -2.03. The molecule has 0 aliphatic carbocycles. The van der Waals surface area contributed by atoms with Crippen molar-refractivity contribution < 1.29 is 19.0 Å². The van der Waals surface area contributed by atoms with Crippen LogP contribution < -0.4 is 10.1 Å². The Hall–Kier alpha value is -2.40. The highest BCUT2D eigenvalue weighted by molar-refractivity contribution is 5.99. The van der Waals surface area contributed by atoms with Crippen molar-refractivity contribution in [3.05, 3.63) is 58.9 Å². The maximum atomic E-state index is 13.7. The monoisotopic (exact) mass is 287 g/mol. The highest BCUT2D eigenvalue weighted by atomic mass is 19.1. The lowest BCUT2D eigenvalue weighted by Gasteiger charge is -2.13. The van der Waals surface area contributed by atoms with Crippen molar-refractivity contribution in [3.63, 3.8) is 0 Å². The number of nitrogens with one attached hydrogen (secondary N) is 1. The summed E-state index contributed by atoms with van der Waals surface area (Å²) in [6, 6.07) is 9.58. The van der Waals surface area contributed by atoms with Gasteiger partial charge in [0.2, 0.25) is 5.91 Å². The van der Waals surface area contributed by atoms with E-state index in [0.717, 1.165) is 11.3 Å². The number of hydrogen-bond donors (Lipinski definition) is 2. The average Bonchev–Trinajstić information content (AvgIpc) is 2.85. The van der Waals surface area contributed by atoms with Gasteiger partial charge in [-0.25, -0.2) is 4.39 Å². The van der Waals surface area contributed by atoms with Gasteiger partial charge in [0.15, 0.2) is 11.6 Å². The predicted octanol–water partition coefficient (Wildman–Crippen LogP) is 2.41. The molecule has 0 saturated carbocycles. The van der Waals surface area contributed by atoms with Crippen LogP contribution >= 0.6 is 0 Å². The predicted molar refractivity (Wildman–Crippen MR) is 75.8 cm³/mol. The van der Waals surface area contributed by atoms with E-state index in [2.05, 4.69) is 5.32 Å². The van der Waals surface area contributed by atoms with Crippen molar-refractivity contribution in [3.8, 4) is 5.75 Å². The van der Waals surface area contributed by atoms with Gasteiger partial charge in [-0.2, -0.15) is 0 Å². The Labute approximate surface area is 121 Å². The molecule has 0 aromatic heterocycles. The standard InChI is InChI=1S/C16H14FNO3/c1-21-14-5-3-10(7-12(14)17)16(20)9-2-4-13-11(6-9)8-15(19)18-13/h2-7,16,20H,8H2,1H3,(H,18,19). The maximum absolute atomic E-state index is 13.7. The molecule has 0 bridgehead atoms. The van der Waals surface area contributed by atoms with Gasteiger partial charge in [0.25, 0.3) is 0 Å². The van der Waals surface area contributed by atoms with Crippen LogP contribution in [0.1, 0.15) is 22.8 Å². The van der Waals surface area contributed by atoms with E-state index in [1.54, 1.807) is 24.3 Å². The molecule has 108 valence electrons. The number of ether oxygens (including phenoxy) is 1. The summed E-state index contributed by atoms with van der Waals surface area (Å²) in [7, 11) is 1.39. The minimum Gasteiger partial charge on any atom is -0.494 e. The molecule has 4 nitrogen and oxygen atoms in total. The number of hydrogen-bond acceptors (Lipinski definition) is 3. The summed E-state index contributed by atoms with van der Waals surface area (Å²) < 4.78 is 18.6. The number of aliphatic hydroxyl groups excluding tert-OH is 1. The minimum absolute atomic E-state index is 0.0628. The van der Waals surface area contributed by atoms with Crippen LogP contribution in [0, 0.1) is 5.82 Å². The molecule has 1 atom stereocenters. The molecule has 1 aliphatic heterocycles. The van der Waals surface area contributed by atoms with E-state index in [1.807, 2.05) is 0 Å². The molecule has 2 aromatic carbocycles. The molecular formula is C16H14FNO3. The molecule has 0 radical (unpaired) electrons. The lowest BCUT2D eigenvalue weighted by molar-refractivity contribution is -0.115. The summed E-state index contributed by atoms with van der Waals surface area (Å²) in [5.74, 6) is -0.450. The SMILES string of the molecule is COc1ccc(C(O)c2ccc3c(c2)CC(=O)N3)cc1F. The van der Waals surface area contributed by atoms with Crippen molar-refractivity contribution in [1.29, 1.82) is 0 Å².